The molecule has 1 aromatic carbocycles. The van der Waals surface area contributed by atoms with Crippen LogP contribution in [-0.2, 0) is 9.53 Å². The summed E-state index contributed by atoms with van der Waals surface area (Å²) in [6.45, 7) is 7.27. The summed E-state index contributed by atoms with van der Waals surface area (Å²) >= 11 is 13.5. The number of nitrogens with zero attached hydrogens (tertiary/aromatic N) is 4. The summed E-state index contributed by atoms with van der Waals surface area (Å²) in [7, 11) is 5.19. The Bertz CT molecular complexity index is 1450. The molecule has 4 heterocycles. The van der Waals surface area contributed by atoms with E-state index >= 15 is 0 Å². The first-order valence-electron chi connectivity index (χ1n) is 13.8. The van der Waals surface area contributed by atoms with E-state index in [4.69, 9.17) is 47.4 Å². The molecule has 2 aromatic heterocycles. The van der Waals surface area contributed by atoms with Crippen LogP contribution in [0.5, 0.6) is 11.5 Å². The lowest BCUT2D eigenvalue weighted by molar-refractivity contribution is -0.117. The molecule has 42 heavy (non-hydrogen) atoms. The number of halogens is 2. The predicted molar refractivity (Wildman–Crippen MR) is 165 cm³/mol. The van der Waals surface area contributed by atoms with Crippen LogP contribution in [0.1, 0.15) is 12.8 Å². The number of carbonyl (C=O) groups excluding carboxylic acids is 1. The summed E-state index contributed by atoms with van der Waals surface area (Å²) in [6.07, 6.45) is 4.74. The Hall–Kier alpha value is -3.38. The van der Waals surface area contributed by atoms with Gasteiger partial charge in [-0.3, -0.25) is 4.79 Å². The number of pyridine rings is 1. The molecule has 1 unspecified atom stereocenters. The van der Waals surface area contributed by atoms with Crippen molar-refractivity contribution in [3.05, 3.63) is 41.0 Å². The fourth-order valence-electron chi connectivity index (χ4n) is 5.37. The van der Waals surface area contributed by atoms with Crippen molar-refractivity contribution in [3.8, 4) is 22.8 Å². The summed E-state index contributed by atoms with van der Waals surface area (Å²) in [4.78, 5) is 28.7. The zero-order valence-corrected chi connectivity index (χ0v) is 25.4. The van der Waals surface area contributed by atoms with Gasteiger partial charge >= 0.3 is 0 Å². The number of hydrogen-bond acceptors (Lipinski definition) is 10. The molecule has 1 amide bonds. The smallest absolute Gasteiger partial charge is 0.243 e. The molecule has 224 valence electrons. The third-order valence-corrected chi connectivity index (χ3v) is 8.38. The number of methoxy groups -OCH3 is 2. The van der Waals surface area contributed by atoms with Crippen LogP contribution >= 0.6 is 23.2 Å². The maximum Gasteiger partial charge on any atom is 0.243 e. The summed E-state index contributed by atoms with van der Waals surface area (Å²) in [5.41, 5.74) is 1.65. The molecular weight excluding hydrogens is 581 g/mol. The van der Waals surface area contributed by atoms with Gasteiger partial charge in [0.2, 0.25) is 11.9 Å². The molecule has 3 atom stereocenters. The van der Waals surface area contributed by atoms with E-state index in [2.05, 4.69) is 39.5 Å². The van der Waals surface area contributed by atoms with Crippen LogP contribution in [0.25, 0.3) is 22.2 Å². The van der Waals surface area contributed by atoms with Gasteiger partial charge in [-0.25, -0.2) is 15.0 Å². The van der Waals surface area contributed by atoms with E-state index in [0.717, 1.165) is 31.4 Å². The van der Waals surface area contributed by atoms with Gasteiger partial charge in [-0.1, -0.05) is 29.8 Å². The zero-order valence-electron chi connectivity index (χ0n) is 23.9. The van der Waals surface area contributed by atoms with Gasteiger partial charge in [0.05, 0.1) is 48.6 Å². The molecule has 2 fully saturated rings. The third-order valence-electron chi connectivity index (χ3n) is 7.63. The molecule has 0 spiro atoms. The second-order valence-corrected chi connectivity index (χ2v) is 11.3. The van der Waals surface area contributed by atoms with Gasteiger partial charge in [0.25, 0.3) is 0 Å². The summed E-state index contributed by atoms with van der Waals surface area (Å²) in [5.74, 6) is 2.04. The van der Waals surface area contributed by atoms with Crippen molar-refractivity contribution in [2.24, 2.45) is 5.92 Å². The second kappa shape index (κ2) is 13.3. The van der Waals surface area contributed by atoms with Crippen molar-refractivity contribution in [2.75, 3.05) is 64.7 Å². The van der Waals surface area contributed by atoms with E-state index in [1.807, 2.05) is 6.07 Å². The van der Waals surface area contributed by atoms with Gasteiger partial charge in [-0.2, -0.15) is 0 Å². The van der Waals surface area contributed by atoms with Crippen LogP contribution in [0, 0.1) is 5.92 Å². The molecule has 0 radical (unpaired) electrons. The van der Waals surface area contributed by atoms with E-state index in [1.165, 1.54) is 20.3 Å². The van der Waals surface area contributed by atoms with Crippen LogP contribution in [0.15, 0.2) is 31.0 Å². The normalized spacial score (nSPS) is 20.7. The lowest BCUT2D eigenvalue weighted by Crippen LogP contribution is -2.52. The first kappa shape index (κ1) is 30.1. The van der Waals surface area contributed by atoms with Gasteiger partial charge < -0.3 is 35.1 Å². The summed E-state index contributed by atoms with van der Waals surface area (Å²) in [6, 6.07) is 3.11. The van der Waals surface area contributed by atoms with E-state index in [-0.39, 0.29) is 18.0 Å². The number of rotatable bonds is 10. The minimum Gasteiger partial charge on any atom is -0.495 e. The Balaban J connectivity index is 1.54. The Kier molecular flexibility index (Phi) is 9.52. The van der Waals surface area contributed by atoms with Gasteiger partial charge in [-0.15, -0.1) is 0 Å². The number of amides is 1. The molecule has 0 saturated carbocycles. The van der Waals surface area contributed by atoms with Gasteiger partial charge in [-0.05, 0) is 44.5 Å². The molecule has 3 aromatic rings. The van der Waals surface area contributed by atoms with Crippen LogP contribution in [0.3, 0.4) is 0 Å². The number of ether oxygens (including phenoxy) is 3. The van der Waals surface area contributed by atoms with E-state index in [9.17, 15) is 4.79 Å². The zero-order chi connectivity index (χ0) is 29.8. The lowest BCUT2D eigenvalue weighted by atomic mass is 10.0. The van der Waals surface area contributed by atoms with Crippen LogP contribution < -0.4 is 25.4 Å². The monoisotopic (exact) mass is 615 g/mol. The summed E-state index contributed by atoms with van der Waals surface area (Å²) < 4.78 is 16.6. The molecule has 2 aliphatic heterocycles. The summed E-state index contributed by atoms with van der Waals surface area (Å²) in [5, 5.41) is 11.2. The standard InChI is InChI=1S/C29H35Cl2N7O4/c1-5-23(39)34-18-7-9-42-15-20(18)36-29-33-13-17-10-19(24-25(30)21(40-3)11-22(41-4)26(24)31)35-28(27(17)37-29)32-12-16-6-8-38(2)14-16/h5,10-11,13,16,18,20H,1,6-9,12,14-15H2,2-4H3,(H,32,35)(H,34,39)(H,33,36,37)/t16?,18-,20+/m0/s1. The average molecular weight is 617 g/mol. The number of carbonyl (C=O) groups is 1. The fourth-order valence-corrected chi connectivity index (χ4v) is 6.06. The van der Waals surface area contributed by atoms with Crippen LogP contribution in [0.2, 0.25) is 10.0 Å². The number of anilines is 2. The molecule has 13 heteroatoms. The van der Waals surface area contributed by atoms with Gasteiger partial charge in [0.1, 0.15) is 17.0 Å². The van der Waals surface area contributed by atoms with Crippen molar-refractivity contribution < 1.29 is 19.0 Å². The largest absolute Gasteiger partial charge is 0.495 e. The first-order chi connectivity index (χ1) is 20.3. The number of likely N-dealkylation sites (tertiary alicyclic amines) is 1. The van der Waals surface area contributed by atoms with Crippen molar-refractivity contribution >= 4 is 51.8 Å². The molecule has 5 rings (SSSR count). The van der Waals surface area contributed by atoms with Crippen LogP contribution in [-0.4, -0.2) is 92.0 Å². The Morgan fingerprint density at radius 3 is 2.60 bits per heavy atom. The molecule has 0 bridgehead atoms. The Morgan fingerprint density at radius 2 is 1.93 bits per heavy atom. The van der Waals surface area contributed by atoms with Crippen molar-refractivity contribution in [2.45, 2.75) is 24.9 Å². The predicted octanol–water partition coefficient (Wildman–Crippen LogP) is 4.25. The van der Waals surface area contributed by atoms with E-state index in [1.54, 1.807) is 12.3 Å². The van der Waals surface area contributed by atoms with E-state index in [0.29, 0.717) is 75.6 Å². The minimum atomic E-state index is -0.236. The average Bonchev–Trinajstić information content (AvgIpc) is 3.42. The highest BCUT2D eigenvalue weighted by Crippen LogP contribution is 2.46. The van der Waals surface area contributed by atoms with Gasteiger partial charge in [0.15, 0.2) is 5.82 Å². The maximum atomic E-state index is 12.0. The molecule has 2 saturated heterocycles. The fraction of sp³-hybridized carbons (Fsp3) is 0.448. The number of benzene rings is 1. The number of fused-ring (bicyclic) bond motifs is 1. The Morgan fingerprint density at radius 1 is 1.17 bits per heavy atom. The highest BCUT2D eigenvalue weighted by molar-refractivity contribution is 6.41. The molecule has 11 nitrogen and oxygen atoms in total. The highest BCUT2D eigenvalue weighted by Gasteiger charge is 2.28. The molecular formula is C29H35Cl2N7O4. The first-order valence-corrected chi connectivity index (χ1v) is 14.5. The number of hydrogen-bond donors (Lipinski definition) is 3. The maximum absolute atomic E-state index is 12.0. The number of nitrogens with one attached hydrogen (secondary N) is 3. The highest BCUT2D eigenvalue weighted by atomic mass is 35.5. The Labute approximate surface area is 254 Å². The molecule has 0 aliphatic carbocycles. The second-order valence-electron chi connectivity index (χ2n) is 10.5. The van der Waals surface area contributed by atoms with E-state index < -0.39 is 0 Å². The van der Waals surface area contributed by atoms with Crippen molar-refractivity contribution in [1.82, 2.24) is 25.2 Å². The number of aromatic nitrogens is 3. The molecule has 3 N–H and O–H groups in total. The van der Waals surface area contributed by atoms with Crippen LogP contribution in [0.4, 0.5) is 11.8 Å². The lowest BCUT2D eigenvalue weighted by Gasteiger charge is -2.32. The molecule has 2 aliphatic rings. The SMILES string of the molecule is C=CC(=O)N[C@H]1CCOC[C@H]1Nc1ncc2cc(-c3c(Cl)c(OC)cc(OC)c3Cl)nc(NCC3CCN(C)C3)c2n1. The minimum absolute atomic E-state index is 0.159. The quantitative estimate of drug-likeness (QED) is 0.285. The topological polar surface area (TPSA) is 123 Å². The van der Waals surface area contributed by atoms with Crippen molar-refractivity contribution in [1.29, 1.82) is 0 Å². The third kappa shape index (κ3) is 6.49. The van der Waals surface area contributed by atoms with Crippen molar-refractivity contribution in [3.63, 3.8) is 0 Å². The van der Waals surface area contributed by atoms with Gasteiger partial charge in [0, 0.05) is 42.9 Å².